The minimum Gasteiger partial charge on any atom is -0.493 e. The molecule has 1 unspecified atom stereocenters. The fourth-order valence-corrected chi connectivity index (χ4v) is 5.66. The first-order chi connectivity index (χ1) is 18.9. The maximum Gasteiger partial charge on any atom is 0.297 e. The number of amides is 1. The molecule has 0 radical (unpaired) electrons. The lowest BCUT2D eigenvalue weighted by molar-refractivity contribution is 0.0971. The molecule has 1 aliphatic heterocycles. The standard InChI is InChI=1S/C30H23FN2O5S/c1-16-17(2)39-30(32-16)33-26(25-27(34)21-14-20(31)10-12-22(21)38-28(25)29(33)35)19-9-11-23(24(13-19)36-3)37-15-18-7-5-4-6-8-18/h4-14,26H,15H2,1-3H3. The van der Waals surface area contributed by atoms with Crippen LogP contribution in [0.15, 0.2) is 75.9 Å². The Labute approximate surface area is 227 Å². The Morgan fingerprint density at radius 2 is 1.82 bits per heavy atom. The van der Waals surface area contributed by atoms with Crippen LogP contribution in [0, 0.1) is 19.7 Å². The van der Waals surface area contributed by atoms with Gasteiger partial charge in [0.1, 0.15) is 18.0 Å². The number of ether oxygens (including phenoxy) is 2. The number of carbonyl (C=O) groups excluding carboxylic acids is 1. The van der Waals surface area contributed by atoms with E-state index in [1.54, 1.807) is 18.2 Å². The van der Waals surface area contributed by atoms with Crippen LogP contribution in [0.25, 0.3) is 11.0 Å². The number of nitrogens with zero attached hydrogens (tertiary/aromatic N) is 2. The molecule has 9 heteroatoms. The molecule has 0 saturated heterocycles. The molecule has 3 aromatic carbocycles. The number of aromatic nitrogens is 1. The number of halogens is 1. The highest BCUT2D eigenvalue weighted by Crippen LogP contribution is 2.44. The molecule has 6 rings (SSSR count). The van der Waals surface area contributed by atoms with Gasteiger partial charge in [0.05, 0.1) is 29.8 Å². The number of hydrogen-bond donors (Lipinski definition) is 0. The van der Waals surface area contributed by atoms with Crippen molar-refractivity contribution in [3.63, 3.8) is 0 Å². The summed E-state index contributed by atoms with van der Waals surface area (Å²) in [5.74, 6) is -0.199. The van der Waals surface area contributed by atoms with Crippen molar-refractivity contribution in [2.24, 2.45) is 0 Å². The zero-order chi connectivity index (χ0) is 27.3. The summed E-state index contributed by atoms with van der Waals surface area (Å²) in [5, 5.41) is 0.499. The monoisotopic (exact) mass is 542 g/mol. The molecule has 0 fully saturated rings. The predicted molar refractivity (Wildman–Crippen MR) is 146 cm³/mol. The van der Waals surface area contributed by atoms with Crippen LogP contribution in [0.4, 0.5) is 9.52 Å². The second kappa shape index (κ2) is 9.67. The summed E-state index contributed by atoms with van der Waals surface area (Å²) in [6.07, 6.45) is 0. The lowest BCUT2D eigenvalue weighted by Crippen LogP contribution is -2.29. The second-order valence-electron chi connectivity index (χ2n) is 9.21. The number of hydrogen-bond acceptors (Lipinski definition) is 7. The summed E-state index contributed by atoms with van der Waals surface area (Å²) in [4.78, 5) is 34.5. The Morgan fingerprint density at radius 3 is 2.54 bits per heavy atom. The van der Waals surface area contributed by atoms with Gasteiger partial charge in [0, 0.05) is 4.88 Å². The largest absolute Gasteiger partial charge is 0.493 e. The van der Waals surface area contributed by atoms with Crippen molar-refractivity contribution in [2.45, 2.75) is 26.5 Å². The molecule has 39 heavy (non-hydrogen) atoms. The predicted octanol–water partition coefficient (Wildman–Crippen LogP) is 6.34. The van der Waals surface area contributed by atoms with Gasteiger partial charge in [-0.05, 0) is 55.3 Å². The van der Waals surface area contributed by atoms with Crippen molar-refractivity contribution < 1.29 is 23.1 Å². The minimum atomic E-state index is -0.863. The highest BCUT2D eigenvalue weighted by Gasteiger charge is 2.45. The first-order valence-electron chi connectivity index (χ1n) is 12.2. The Morgan fingerprint density at radius 1 is 1.03 bits per heavy atom. The van der Waals surface area contributed by atoms with E-state index in [0.717, 1.165) is 22.2 Å². The van der Waals surface area contributed by atoms with Gasteiger partial charge in [0.15, 0.2) is 22.1 Å². The first kappa shape index (κ1) is 24.8. The van der Waals surface area contributed by atoms with Gasteiger partial charge in [-0.15, -0.1) is 11.3 Å². The van der Waals surface area contributed by atoms with E-state index in [1.807, 2.05) is 44.2 Å². The molecule has 0 aliphatic carbocycles. The van der Waals surface area contributed by atoms with Crippen molar-refractivity contribution in [1.29, 1.82) is 0 Å². The average Bonchev–Trinajstić information content (AvgIpc) is 3.43. The SMILES string of the molecule is COc1cc(C2c3c(oc4ccc(F)cc4c3=O)C(=O)N2c2nc(C)c(C)s2)ccc1OCc1ccccc1. The first-order valence-corrected chi connectivity index (χ1v) is 13.1. The molecule has 0 spiro atoms. The summed E-state index contributed by atoms with van der Waals surface area (Å²) in [5.41, 5.74) is 2.17. The van der Waals surface area contributed by atoms with Crippen LogP contribution in [-0.2, 0) is 6.61 Å². The summed E-state index contributed by atoms with van der Waals surface area (Å²) in [6.45, 7) is 4.12. The van der Waals surface area contributed by atoms with Gasteiger partial charge >= 0.3 is 0 Å². The molecular formula is C30H23FN2O5S. The third kappa shape index (κ3) is 4.24. The maximum absolute atomic E-state index is 14.1. The zero-order valence-electron chi connectivity index (χ0n) is 21.4. The molecule has 0 N–H and O–H groups in total. The van der Waals surface area contributed by atoms with Gasteiger partial charge in [-0.2, -0.15) is 0 Å². The number of benzene rings is 3. The number of anilines is 1. The highest BCUT2D eigenvalue weighted by molar-refractivity contribution is 7.15. The fourth-order valence-electron chi connectivity index (χ4n) is 4.73. The molecule has 196 valence electrons. The van der Waals surface area contributed by atoms with Crippen LogP contribution in [0.3, 0.4) is 0 Å². The number of thiazole rings is 1. The van der Waals surface area contributed by atoms with Crippen LogP contribution in [0.5, 0.6) is 11.5 Å². The number of rotatable bonds is 6. The van der Waals surface area contributed by atoms with Crippen LogP contribution >= 0.6 is 11.3 Å². The topological polar surface area (TPSA) is 81.9 Å². The lowest BCUT2D eigenvalue weighted by atomic mass is 9.98. The molecule has 5 aromatic rings. The Balaban J connectivity index is 1.50. The smallest absolute Gasteiger partial charge is 0.297 e. The van der Waals surface area contributed by atoms with E-state index in [2.05, 4.69) is 4.98 Å². The summed E-state index contributed by atoms with van der Waals surface area (Å²) >= 11 is 1.35. The minimum absolute atomic E-state index is 0.0645. The molecule has 7 nitrogen and oxygen atoms in total. The molecule has 1 aliphatic rings. The van der Waals surface area contributed by atoms with Crippen molar-refractivity contribution >= 4 is 33.3 Å². The number of aryl methyl sites for hydroxylation is 2. The van der Waals surface area contributed by atoms with Crippen LogP contribution in [-0.4, -0.2) is 18.0 Å². The quantitative estimate of drug-likeness (QED) is 0.249. The number of carbonyl (C=O) groups is 1. The van der Waals surface area contributed by atoms with Gasteiger partial charge < -0.3 is 13.9 Å². The third-order valence-electron chi connectivity index (χ3n) is 6.80. The van der Waals surface area contributed by atoms with E-state index < -0.39 is 23.2 Å². The van der Waals surface area contributed by atoms with E-state index in [1.165, 1.54) is 35.5 Å². The van der Waals surface area contributed by atoms with Gasteiger partial charge in [-0.3, -0.25) is 14.5 Å². The second-order valence-corrected chi connectivity index (χ2v) is 10.4. The van der Waals surface area contributed by atoms with Crippen molar-refractivity contribution in [3.05, 3.63) is 116 Å². The molecule has 0 bridgehead atoms. The summed E-state index contributed by atoms with van der Waals surface area (Å²) in [6, 6.07) is 17.8. The normalized spacial score (nSPS) is 14.6. The highest BCUT2D eigenvalue weighted by atomic mass is 32.1. The van der Waals surface area contributed by atoms with Crippen LogP contribution < -0.4 is 19.8 Å². The van der Waals surface area contributed by atoms with Crippen molar-refractivity contribution in [2.75, 3.05) is 12.0 Å². The molecule has 0 saturated carbocycles. The van der Waals surface area contributed by atoms with Gasteiger partial charge in [0.25, 0.3) is 5.91 Å². The fraction of sp³-hybridized carbons (Fsp3) is 0.167. The Hall–Kier alpha value is -4.50. The number of fused-ring (bicyclic) bond motifs is 2. The summed E-state index contributed by atoms with van der Waals surface area (Å²) in [7, 11) is 1.53. The summed E-state index contributed by atoms with van der Waals surface area (Å²) < 4.78 is 31.7. The van der Waals surface area contributed by atoms with Gasteiger partial charge in [-0.25, -0.2) is 9.37 Å². The van der Waals surface area contributed by atoms with Crippen molar-refractivity contribution in [3.8, 4) is 11.5 Å². The molecular weight excluding hydrogens is 519 g/mol. The maximum atomic E-state index is 14.1. The lowest BCUT2D eigenvalue weighted by Gasteiger charge is -2.23. The van der Waals surface area contributed by atoms with Crippen LogP contribution in [0.1, 0.15) is 43.9 Å². The molecule has 1 atom stereocenters. The van der Waals surface area contributed by atoms with E-state index >= 15 is 0 Å². The van der Waals surface area contributed by atoms with E-state index in [4.69, 9.17) is 13.9 Å². The number of methoxy groups -OCH3 is 1. The average molecular weight is 543 g/mol. The third-order valence-corrected chi connectivity index (χ3v) is 7.87. The van der Waals surface area contributed by atoms with E-state index in [-0.39, 0.29) is 22.3 Å². The van der Waals surface area contributed by atoms with Gasteiger partial charge in [-0.1, -0.05) is 36.4 Å². The molecule has 3 heterocycles. The Bertz CT molecular complexity index is 1780. The zero-order valence-corrected chi connectivity index (χ0v) is 22.2. The molecule has 1 amide bonds. The molecule has 2 aromatic heterocycles. The van der Waals surface area contributed by atoms with Crippen molar-refractivity contribution in [1.82, 2.24) is 4.98 Å². The van der Waals surface area contributed by atoms with Crippen LogP contribution in [0.2, 0.25) is 0 Å². The van der Waals surface area contributed by atoms with E-state index in [0.29, 0.717) is 28.8 Å². The van der Waals surface area contributed by atoms with Gasteiger partial charge in [0.2, 0.25) is 5.76 Å². The van der Waals surface area contributed by atoms with E-state index in [9.17, 15) is 14.0 Å². The Kier molecular flexibility index (Phi) is 6.15.